The van der Waals surface area contributed by atoms with Crippen molar-refractivity contribution in [3.63, 3.8) is 0 Å². The van der Waals surface area contributed by atoms with Crippen LogP contribution in [0.2, 0.25) is 0 Å². The molecule has 0 unspecified atom stereocenters. The maximum absolute atomic E-state index is 11.0. The van der Waals surface area contributed by atoms with E-state index in [-0.39, 0.29) is 11.4 Å². The molecule has 0 fully saturated rings. The lowest BCUT2D eigenvalue weighted by molar-refractivity contribution is 0.0697. The number of carboxylic acids is 1. The molecular formula is C19H19N3O3. The zero-order valence-corrected chi connectivity index (χ0v) is 14.0. The third-order valence-corrected chi connectivity index (χ3v) is 3.82. The van der Waals surface area contributed by atoms with Gasteiger partial charge in [0.1, 0.15) is 0 Å². The molecule has 0 aliphatic carbocycles. The topological polar surface area (TPSA) is 87.2 Å². The van der Waals surface area contributed by atoms with E-state index in [4.69, 9.17) is 5.11 Å². The summed E-state index contributed by atoms with van der Waals surface area (Å²) in [6.07, 6.45) is 0. The first kappa shape index (κ1) is 16.7. The minimum absolute atomic E-state index is 0.0630. The molecule has 6 nitrogen and oxygen atoms in total. The molecule has 0 bridgehead atoms. The Morgan fingerprint density at radius 2 is 1.88 bits per heavy atom. The first-order valence-electron chi connectivity index (χ1n) is 8.02. The number of aromatic hydroxyl groups is 1. The number of rotatable bonds is 5. The van der Waals surface area contributed by atoms with Gasteiger partial charge in [-0.1, -0.05) is 38.1 Å². The van der Waals surface area contributed by atoms with E-state index in [1.807, 2.05) is 28.8 Å². The smallest absolute Gasteiger partial charge is 0.335 e. The highest BCUT2D eigenvalue weighted by molar-refractivity contribution is 5.95. The lowest BCUT2D eigenvalue weighted by Gasteiger charge is -2.09. The van der Waals surface area contributed by atoms with Crippen LogP contribution < -0.4 is 0 Å². The molecule has 3 rings (SSSR count). The molecule has 3 aromatic rings. The molecule has 0 aliphatic heterocycles. The average molecular weight is 337 g/mol. The maximum atomic E-state index is 11.0. The summed E-state index contributed by atoms with van der Waals surface area (Å²) in [6.45, 7) is 4.82. The van der Waals surface area contributed by atoms with Crippen LogP contribution in [0, 0.1) is 5.92 Å². The molecule has 2 N–H and O–H groups in total. The van der Waals surface area contributed by atoms with Gasteiger partial charge in [-0.25, -0.2) is 4.79 Å². The molecule has 1 heterocycles. The fourth-order valence-corrected chi connectivity index (χ4v) is 2.73. The fourth-order valence-electron chi connectivity index (χ4n) is 2.73. The Labute approximate surface area is 145 Å². The second-order valence-corrected chi connectivity index (χ2v) is 6.25. The van der Waals surface area contributed by atoms with Crippen molar-refractivity contribution >= 4 is 28.2 Å². The van der Waals surface area contributed by atoms with Gasteiger partial charge in [0, 0.05) is 11.9 Å². The monoisotopic (exact) mass is 337 g/mol. The molecule has 0 atom stereocenters. The summed E-state index contributed by atoms with van der Waals surface area (Å²) in [5, 5.41) is 28.8. The number of aromatic nitrogens is 1. The fraction of sp³-hybridized carbons (Fsp3) is 0.211. The van der Waals surface area contributed by atoms with Gasteiger partial charge in [0.2, 0.25) is 5.88 Å². The van der Waals surface area contributed by atoms with Crippen LogP contribution in [-0.2, 0) is 6.54 Å². The van der Waals surface area contributed by atoms with Crippen LogP contribution in [0.3, 0.4) is 0 Å². The number of benzene rings is 2. The summed E-state index contributed by atoms with van der Waals surface area (Å²) in [4.78, 5) is 11.0. The number of para-hydroxylation sites is 1. The summed E-state index contributed by atoms with van der Waals surface area (Å²) in [7, 11) is 0. The molecule has 0 radical (unpaired) electrons. The number of carbonyl (C=O) groups is 1. The number of aromatic carboxylic acids is 1. The van der Waals surface area contributed by atoms with E-state index in [2.05, 4.69) is 24.1 Å². The zero-order chi connectivity index (χ0) is 18.0. The molecule has 6 heteroatoms. The van der Waals surface area contributed by atoms with Gasteiger partial charge in [0.25, 0.3) is 0 Å². The highest BCUT2D eigenvalue weighted by Gasteiger charge is 2.17. The highest BCUT2D eigenvalue weighted by atomic mass is 16.4. The molecular weight excluding hydrogens is 318 g/mol. The number of azo groups is 1. The van der Waals surface area contributed by atoms with E-state index in [0.717, 1.165) is 10.9 Å². The Balaban J connectivity index is 2.05. The number of hydrogen-bond donors (Lipinski definition) is 2. The molecule has 0 spiro atoms. The Kier molecular flexibility index (Phi) is 4.52. The van der Waals surface area contributed by atoms with Crippen LogP contribution >= 0.6 is 0 Å². The second kappa shape index (κ2) is 6.76. The van der Waals surface area contributed by atoms with Crippen molar-refractivity contribution in [2.24, 2.45) is 16.1 Å². The van der Waals surface area contributed by atoms with Gasteiger partial charge in [-0.05, 0) is 30.2 Å². The summed E-state index contributed by atoms with van der Waals surface area (Å²) in [6, 6.07) is 13.8. The van der Waals surface area contributed by atoms with Crippen molar-refractivity contribution in [3.8, 4) is 5.88 Å². The van der Waals surface area contributed by atoms with Crippen molar-refractivity contribution in [1.29, 1.82) is 0 Å². The molecule has 0 amide bonds. The predicted molar refractivity (Wildman–Crippen MR) is 96.0 cm³/mol. The standard InChI is InChI=1S/C19H19N3O3/c1-12(2)11-22-16-9-4-3-8-15(16)17(18(22)23)21-20-14-7-5-6-13(10-14)19(24)25/h3-10,12,23H,11H2,1-2H3,(H,24,25). The van der Waals surface area contributed by atoms with Crippen LogP contribution in [0.15, 0.2) is 58.8 Å². The van der Waals surface area contributed by atoms with Crippen molar-refractivity contribution < 1.29 is 15.0 Å². The van der Waals surface area contributed by atoms with Crippen LogP contribution in [0.1, 0.15) is 24.2 Å². The van der Waals surface area contributed by atoms with E-state index in [1.54, 1.807) is 12.1 Å². The number of fused-ring (bicyclic) bond motifs is 1. The van der Waals surface area contributed by atoms with Gasteiger partial charge < -0.3 is 14.8 Å². The number of hydrogen-bond acceptors (Lipinski definition) is 4. The Bertz CT molecular complexity index is 958. The first-order chi connectivity index (χ1) is 12.0. The second-order valence-electron chi connectivity index (χ2n) is 6.25. The van der Waals surface area contributed by atoms with Gasteiger partial charge in [-0.2, -0.15) is 5.11 Å². The predicted octanol–water partition coefficient (Wildman–Crippen LogP) is 5.12. The Morgan fingerprint density at radius 3 is 2.60 bits per heavy atom. The highest BCUT2D eigenvalue weighted by Crippen LogP contribution is 2.39. The molecule has 128 valence electrons. The summed E-state index contributed by atoms with van der Waals surface area (Å²) < 4.78 is 1.82. The van der Waals surface area contributed by atoms with Gasteiger partial charge in [0.05, 0.1) is 16.8 Å². The lowest BCUT2D eigenvalue weighted by Crippen LogP contribution is -2.03. The molecule has 0 saturated heterocycles. The summed E-state index contributed by atoms with van der Waals surface area (Å²) in [5.74, 6) is -0.597. The quantitative estimate of drug-likeness (QED) is 0.634. The SMILES string of the molecule is CC(C)Cn1c(O)c(N=Nc2cccc(C(=O)O)c2)c2ccccc21. The molecule has 0 aliphatic rings. The summed E-state index contributed by atoms with van der Waals surface area (Å²) in [5.41, 5.74) is 1.84. The van der Waals surface area contributed by atoms with Gasteiger partial charge >= 0.3 is 5.97 Å². The molecule has 0 saturated carbocycles. The van der Waals surface area contributed by atoms with Crippen molar-refractivity contribution in [2.75, 3.05) is 0 Å². The molecule has 2 aromatic carbocycles. The Morgan fingerprint density at radius 1 is 1.12 bits per heavy atom. The van der Waals surface area contributed by atoms with E-state index < -0.39 is 5.97 Å². The van der Waals surface area contributed by atoms with Crippen LogP contribution in [-0.4, -0.2) is 20.7 Å². The van der Waals surface area contributed by atoms with Gasteiger partial charge in [0.15, 0.2) is 5.69 Å². The minimum atomic E-state index is -1.02. The molecule has 1 aromatic heterocycles. The average Bonchev–Trinajstić information content (AvgIpc) is 2.85. The van der Waals surface area contributed by atoms with Gasteiger partial charge in [-0.3, -0.25) is 0 Å². The molecule has 25 heavy (non-hydrogen) atoms. The van der Waals surface area contributed by atoms with Crippen LogP contribution in [0.25, 0.3) is 10.9 Å². The van der Waals surface area contributed by atoms with Gasteiger partial charge in [-0.15, -0.1) is 5.11 Å². The Hall–Kier alpha value is -3.15. The third kappa shape index (κ3) is 3.38. The summed E-state index contributed by atoms with van der Waals surface area (Å²) >= 11 is 0. The maximum Gasteiger partial charge on any atom is 0.335 e. The van der Waals surface area contributed by atoms with E-state index >= 15 is 0 Å². The normalized spacial score (nSPS) is 11.6. The number of carboxylic acid groups (broad SMARTS) is 1. The lowest BCUT2D eigenvalue weighted by atomic mass is 10.2. The van der Waals surface area contributed by atoms with Crippen molar-refractivity contribution in [3.05, 3.63) is 54.1 Å². The zero-order valence-electron chi connectivity index (χ0n) is 14.0. The van der Waals surface area contributed by atoms with Crippen LogP contribution in [0.4, 0.5) is 11.4 Å². The minimum Gasteiger partial charge on any atom is -0.493 e. The number of nitrogens with zero attached hydrogens (tertiary/aromatic N) is 3. The first-order valence-corrected chi connectivity index (χ1v) is 8.02. The van der Waals surface area contributed by atoms with Crippen molar-refractivity contribution in [2.45, 2.75) is 20.4 Å². The van der Waals surface area contributed by atoms with E-state index in [1.165, 1.54) is 12.1 Å². The van der Waals surface area contributed by atoms with Crippen molar-refractivity contribution in [1.82, 2.24) is 4.57 Å². The van der Waals surface area contributed by atoms with Crippen LogP contribution in [0.5, 0.6) is 5.88 Å². The van der Waals surface area contributed by atoms with E-state index in [9.17, 15) is 9.90 Å². The van der Waals surface area contributed by atoms with E-state index in [0.29, 0.717) is 23.8 Å². The third-order valence-electron chi connectivity index (χ3n) is 3.82. The largest absolute Gasteiger partial charge is 0.493 e.